The number of amides is 1. The summed E-state index contributed by atoms with van der Waals surface area (Å²) in [6, 6.07) is 6.16. The molecule has 1 fully saturated rings. The van der Waals surface area contributed by atoms with Gasteiger partial charge in [0.25, 0.3) is 5.69 Å². The topological polar surface area (TPSA) is 75.5 Å². The highest BCUT2D eigenvalue weighted by atomic mass is 16.6. The molecular weight excluding hydrogens is 270 g/mol. The van der Waals surface area contributed by atoms with Gasteiger partial charge in [-0.3, -0.25) is 20.2 Å². The number of nitro benzene ring substituents is 1. The minimum absolute atomic E-state index is 0.0291. The molecule has 0 radical (unpaired) electrons. The molecule has 1 aromatic carbocycles. The van der Waals surface area contributed by atoms with E-state index >= 15 is 0 Å². The molecule has 1 heterocycles. The summed E-state index contributed by atoms with van der Waals surface area (Å²) >= 11 is 0. The Labute approximate surface area is 124 Å². The normalized spacial score (nSPS) is 22.7. The van der Waals surface area contributed by atoms with Crippen molar-refractivity contribution in [3.05, 3.63) is 39.9 Å². The lowest BCUT2D eigenvalue weighted by Crippen LogP contribution is -2.37. The molecule has 1 amide bonds. The molecule has 0 bridgehead atoms. The summed E-state index contributed by atoms with van der Waals surface area (Å²) in [5.41, 5.74) is 0.739. The van der Waals surface area contributed by atoms with Gasteiger partial charge in [0, 0.05) is 18.7 Å². The molecule has 1 saturated heterocycles. The molecule has 0 aromatic heterocycles. The summed E-state index contributed by atoms with van der Waals surface area (Å²) in [6.07, 6.45) is -0.313. The summed E-state index contributed by atoms with van der Waals surface area (Å²) < 4.78 is 0. The van der Waals surface area contributed by atoms with E-state index in [1.54, 1.807) is 11.0 Å². The van der Waals surface area contributed by atoms with Gasteiger partial charge in [-0.15, -0.1) is 0 Å². The van der Waals surface area contributed by atoms with E-state index in [0.29, 0.717) is 6.54 Å². The maximum absolute atomic E-state index is 12.3. The number of benzene rings is 1. The Balaban J connectivity index is 2.34. The van der Waals surface area contributed by atoms with Crippen LogP contribution in [0.15, 0.2) is 24.3 Å². The maximum Gasteiger partial charge on any atom is 0.269 e. The van der Waals surface area contributed by atoms with E-state index < -0.39 is 4.92 Å². The van der Waals surface area contributed by atoms with Crippen LogP contribution in [0, 0.1) is 15.5 Å². The third kappa shape index (κ3) is 3.39. The van der Waals surface area contributed by atoms with E-state index in [1.807, 2.05) is 13.0 Å². The fraction of sp³-hybridized carbons (Fsp3) is 0.533. The Kier molecular flexibility index (Phi) is 4.00. The highest BCUT2D eigenvalue weighted by molar-refractivity contribution is 5.84. The van der Waals surface area contributed by atoms with Crippen LogP contribution in [0.25, 0.3) is 0 Å². The Morgan fingerprint density at radius 2 is 2.05 bits per heavy atom. The zero-order valence-electron chi connectivity index (χ0n) is 12.8. The molecule has 114 valence electrons. The predicted molar refractivity (Wildman–Crippen MR) is 79.6 cm³/mol. The van der Waals surface area contributed by atoms with Crippen molar-refractivity contribution < 1.29 is 9.72 Å². The summed E-state index contributed by atoms with van der Waals surface area (Å²) in [6.45, 7) is 8.60. The highest BCUT2D eigenvalue weighted by Gasteiger charge is 2.39. The van der Waals surface area contributed by atoms with Crippen LogP contribution in [0.2, 0.25) is 0 Å². The molecule has 1 aliphatic rings. The number of nitrogens with one attached hydrogen (secondary N) is 1. The molecule has 0 spiro atoms. The minimum atomic E-state index is -0.419. The summed E-state index contributed by atoms with van der Waals surface area (Å²) in [7, 11) is 0. The molecule has 0 saturated carbocycles. The number of hydrogen-bond acceptors (Lipinski definition) is 4. The van der Waals surface area contributed by atoms with Gasteiger partial charge in [0.2, 0.25) is 5.91 Å². The first-order chi connectivity index (χ1) is 9.69. The SMILES string of the molecule is CC1NC(c2cccc([N+](=O)[O-])c2)N(CC(C)(C)C)C1=O. The van der Waals surface area contributed by atoms with E-state index in [4.69, 9.17) is 0 Å². The zero-order chi connectivity index (χ0) is 15.8. The monoisotopic (exact) mass is 291 g/mol. The van der Waals surface area contributed by atoms with Crippen molar-refractivity contribution >= 4 is 11.6 Å². The summed E-state index contributed by atoms with van der Waals surface area (Å²) in [4.78, 5) is 24.6. The molecule has 0 aliphatic carbocycles. The van der Waals surface area contributed by atoms with Crippen LogP contribution in [-0.2, 0) is 4.79 Å². The maximum atomic E-state index is 12.3. The zero-order valence-corrected chi connectivity index (χ0v) is 12.8. The van der Waals surface area contributed by atoms with E-state index in [1.165, 1.54) is 12.1 Å². The van der Waals surface area contributed by atoms with Crippen LogP contribution < -0.4 is 5.32 Å². The smallest absolute Gasteiger partial charge is 0.269 e. The molecule has 1 aliphatic heterocycles. The quantitative estimate of drug-likeness (QED) is 0.685. The molecule has 21 heavy (non-hydrogen) atoms. The van der Waals surface area contributed by atoms with E-state index in [9.17, 15) is 14.9 Å². The van der Waals surface area contributed by atoms with Crippen molar-refractivity contribution in [2.75, 3.05) is 6.54 Å². The van der Waals surface area contributed by atoms with Gasteiger partial charge in [0.15, 0.2) is 0 Å². The number of hydrogen-bond donors (Lipinski definition) is 1. The van der Waals surface area contributed by atoms with Crippen LogP contribution >= 0.6 is 0 Å². The molecule has 6 heteroatoms. The van der Waals surface area contributed by atoms with Crippen LogP contribution in [0.1, 0.15) is 39.4 Å². The first kappa shape index (κ1) is 15.4. The third-order valence-electron chi connectivity index (χ3n) is 3.41. The first-order valence-electron chi connectivity index (χ1n) is 7.00. The molecule has 2 unspecified atom stereocenters. The van der Waals surface area contributed by atoms with E-state index in [0.717, 1.165) is 5.56 Å². The van der Waals surface area contributed by atoms with Gasteiger partial charge in [-0.05, 0) is 17.9 Å². The number of rotatable bonds is 3. The van der Waals surface area contributed by atoms with Crippen LogP contribution in [0.3, 0.4) is 0 Å². The van der Waals surface area contributed by atoms with Gasteiger partial charge in [-0.1, -0.05) is 32.9 Å². The lowest BCUT2D eigenvalue weighted by molar-refractivity contribution is -0.385. The number of carbonyl (C=O) groups excluding carboxylic acids is 1. The minimum Gasteiger partial charge on any atom is -0.321 e. The third-order valence-corrected chi connectivity index (χ3v) is 3.41. The second kappa shape index (κ2) is 5.44. The van der Waals surface area contributed by atoms with Gasteiger partial charge in [0.05, 0.1) is 11.0 Å². The van der Waals surface area contributed by atoms with Crippen LogP contribution in [-0.4, -0.2) is 28.3 Å². The molecule has 6 nitrogen and oxygen atoms in total. The highest BCUT2D eigenvalue weighted by Crippen LogP contribution is 2.30. The lowest BCUT2D eigenvalue weighted by atomic mass is 9.95. The number of nitrogens with zero attached hydrogens (tertiary/aromatic N) is 2. The van der Waals surface area contributed by atoms with Gasteiger partial charge >= 0.3 is 0 Å². The molecule has 1 aromatic rings. The fourth-order valence-corrected chi connectivity index (χ4v) is 2.54. The fourth-order valence-electron chi connectivity index (χ4n) is 2.54. The van der Waals surface area contributed by atoms with Crippen molar-refractivity contribution in [1.29, 1.82) is 0 Å². The van der Waals surface area contributed by atoms with Gasteiger partial charge in [-0.25, -0.2) is 0 Å². The van der Waals surface area contributed by atoms with Crippen molar-refractivity contribution in [3.8, 4) is 0 Å². The largest absolute Gasteiger partial charge is 0.321 e. The lowest BCUT2D eigenvalue weighted by Gasteiger charge is -2.31. The van der Waals surface area contributed by atoms with Crippen LogP contribution in [0.5, 0.6) is 0 Å². The Hall–Kier alpha value is -1.95. The average Bonchev–Trinajstić information content (AvgIpc) is 2.65. The van der Waals surface area contributed by atoms with Crippen molar-refractivity contribution in [2.24, 2.45) is 5.41 Å². The Morgan fingerprint density at radius 1 is 1.38 bits per heavy atom. The van der Waals surface area contributed by atoms with Crippen molar-refractivity contribution in [3.63, 3.8) is 0 Å². The molecule has 2 rings (SSSR count). The second-order valence-corrected chi connectivity index (χ2v) is 6.67. The number of non-ortho nitro benzene ring substituents is 1. The predicted octanol–water partition coefficient (Wildman–Crippen LogP) is 2.46. The average molecular weight is 291 g/mol. The Bertz CT molecular complexity index is 566. The second-order valence-electron chi connectivity index (χ2n) is 6.67. The first-order valence-corrected chi connectivity index (χ1v) is 7.00. The van der Waals surface area contributed by atoms with Crippen molar-refractivity contribution in [1.82, 2.24) is 10.2 Å². The van der Waals surface area contributed by atoms with E-state index in [-0.39, 0.29) is 29.2 Å². The van der Waals surface area contributed by atoms with Crippen molar-refractivity contribution in [2.45, 2.75) is 39.9 Å². The van der Waals surface area contributed by atoms with Gasteiger partial charge in [-0.2, -0.15) is 0 Å². The van der Waals surface area contributed by atoms with Gasteiger partial charge < -0.3 is 4.90 Å². The van der Waals surface area contributed by atoms with E-state index in [2.05, 4.69) is 26.1 Å². The number of nitro groups is 1. The Morgan fingerprint density at radius 3 is 2.62 bits per heavy atom. The summed E-state index contributed by atoms with van der Waals surface area (Å²) in [5.74, 6) is 0.0291. The molecule has 2 atom stereocenters. The molecule has 1 N–H and O–H groups in total. The standard InChI is InChI=1S/C15H21N3O3/c1-10-14(19)17(9-15(2,3)4)13(16-10)11-6-5-7-12(8-11)18(20)21/h5-8,10,13,16H,9H2,1-4H3. The summed E-state index contributed by atoms with van der Waals surface area (Å²) in [5, 5.41) is 14.1. The molecular formula is C15H21N3O3. The number of carbonyl (C=O) groups is 1. The van der Waals surface area contributed by atoms with Crippen LogP contribution in [0.4, 0.5) is 5.69 Å². The van der Waals surface area contributed by atoms with Gasteiger partial charge in [0.1, 0.15) is 6.17 Å².